The molecule has 0 bridgehead atoms. The van der Waals surface area contributed by atoms with Gasteiger partial charge in [-0.05, 0) is 49.7 Å². The number of carbonyl (C=O) groups excluding carboxylic acids is 1. The summed E-state index contributed by atoms with van der Waals surface area (Å²) >= 11 is 12.1. The largest absolute Gasteiger partial charge is 0.385 e. The number of anilines is 2. The molecule has 0 aromatic heterocycles. The van der Waals surface area contributed by atoms with Crippen molar-refractivity contribution in [1.29, 1.82) is 0 Å². The van der Waals surface area contributed by atoms with E-state index in [0.29, 0.717) is 21.3 Å². The number of hydrogen-bond donors (Lipinski definition) is 2. The Balaban J connectivity index is 2.23. The molecule has 2 aromatic carbocycles. The Labute approximate surface area is 134 Å². The maximum absolute atomic E-state index is 12.3. The third-order valence-electron chi connectivity index (χ3n) is 3.06. The van der Waals surface area contributed by atoms with Crippen molar-refractivity contribution < 1.29 is 4.79 Å². The summed E-state index contributed by atoms with van der Waals surface area (Å²) in [5.41, 5.74) is 3.02. The van der Waals surface area contributed by atoms with Gasteiger partial charge in [0.1, 0.15) is 0 Å². The summed E-state index contributed by atoms with van der Waals surface area (Å²) < 4.78 is 0. The molecule has 1 amide bonds. The predicted molar refractivity (Wildman–Crippen MR) is 89.8 cm³/mol. The molecular formula is C16H16Cl2N2O. The van der Waals surface area contributed by atoms with Crippen LogP contribution in [-0.2, 0) is 0 Å². The van der Waals surface area contributed by atoms with Gasteiger partial charge in [-0.1, -0.05) is 29.3 Å². The van der Waals surface area contributed by atoms with Crippen molar-refractivity contribution >= 4 is 40.5 Å². The van der Waals surface area contributed by atoms with Gasteiger partial charge in [-0.15, -0.1) is 0 Å². The summed E-state index contributed by atoms with van der Waals surface area (Å²) in [6.45, 7) is 4.82. The van der Waals surface area contributed by atoms with E-state index >= 15 is 0 Å². The lowest BCUT2D eigenvalue weighted by atomic mass is 10.1. The molecule has 2 aromatic rings. The maximum atomic E-state index is 12.3. The standard InChI is InChI=1S/C16H16Cl2N2O/c1-3-19-14-8-7-11(9-10(14)2)16(21)20-15-12(17)5-4-6-13(15)18/h4-9,19H,3H2,1-2H3,(H,20,21). The van der Waals surface area contributed by atoms with Crippen LogP contribution in [0, 0.1) is 6.92 Å². The quantitative estimate of drug-likeness (QED) is 0.832. The van der Waals surface area contributed by atoms with E-state index in [9.17, 15) is 4.79 Å². The summed E-state index contributed by atoms with van der Waals surface area (Å²) in [4.78, 5) is 12.3. The van der Waals surface area contributed by atoms with Gasteiger partial charge in [0.25, 0.3) is 5.91 Å². The van der Waals surface area contributed by atoms with Crippen LogP contribution in [0.25, 0.3) is 0 Å². The number of hydrogen-bond acceptors (Lipinski definition) is 2. The Morgan fingerprint density at radius 3 is 2.38 bits per heavy atom. The number of halogens is 2. The molecule has 0 aliphatic rings. The Kier molecular flexibility index (Phi) is 5.10. The van der Waals surface area contributed by atoms with E-state index < -0.39 is 0 Å². The Morgan fingerprint density at radius 1 is 1.14 bits per heavy atom. The molecule has 2 rings (SSSR count). The average Bonchev–Trinajstić information content (AvgIpc) is 2.45. The number of para-hydroxylation sites is 1. The van der Waals surface area contributed by atoms with Crippen molar-refractivity contribution in [1.82, 2.24) is 0 Å². The summed E-state index contributed by atoms with van der Waals surface area (Å²) in [7, 11) is 0. The van der Waals surface area contributed by atoms with Gasteiger partial charge in [0.15, 0.2) is 0 Å². The van der Waals surface area contributed by atoms with Crippen LogP contribution in [0.2, 0.25) is 10.0 Å². The first-order chi connectivity index (χ1) is 10.0. The number of rotatable bonds is 4. The Bertz CT molecular complexity index is 651. The fraction of sp³-hybridized carbons (Fsp3) is 0.188. The zero-order chi connectivity index (χ0) is 15.4. The monoisotopic (exact) mass is 322 g/mol. The first-order valence-electron chi connectivity index (χ1n) is 6.62. The van der Waals surface area contributed by atoms with E-state index in [4.69, 9.17) is 23.2 Å². The van der Waals surface area contributed by atoms with Gasteiger partial charge >= 0.3 is 0 Å². The highest BCUT2D eigenvalue weighted by Gasteiger charge is 2.12. The van der Waals surface area contributed by atoms with Crippen LogP contribution in [0.5, 0.6) is 0 Å². The van der Waals surface area contributed by atoms with Crippen molar-refractivity contribution in [3.63, 3.8) is 0 Å². The van der Waals surface area contributed by atoms with Crippen LogP contribution in [-0.4, -0.2) is 12.5 Å². The molecule has 3 nitrogen and oxygen atoms in total. The minimum atomic E-state index is -0.240. The third-order valence-corrected chi connectivity index (χ3v) is 3.69. The van der Waals surface area contributed by atoms with E-state index in [1.165, 1.54) is 0 Å². The van der Waals surface area contributed by atoms with Crippen LogP contribution in [0.1, 0.15) is 22.8 Å². The van der Waals surface area contributed by atoms with Crippen molar-refractivity contribution in [2.75, 3.05) is 17.2 Å². The molecule has 5 heteroatoms. The topological polar surface area (TPSA) is 41.1 Å². The van der Waals surface area contributed by atoms with Gasteiger partial charge in [0.2, 0.25) is 0 Å². The van der Waals surface area contributed by atoms with E-state index in [1.54, 1.807) is 24.3 Å². The second kappa shape index (κ2) is 6.83. The number of carbonyl (C=O) groups is 1. The molecule has 0 saturated carbocycles. The summed E-state index contributed by atoms with van der Waals surface area (Å²) in [5.74, 6) is -0.240. The van der Waals surface area contributed by atoms with Crippen molar-refractivity contribution in [3.05, 3.63) is 57.6 Å². The van der Waals surface area contributed by atoms with Gasteiger partial charge in [-0.2, -0.15) is 0 Å². The van der Waals surface area contributed by atoms with Gasteiger partial charge in [0, 0.05) is 17.8 Å². The molecule has 0 atom stereocenters. The average molecular weight is 323 g/mol. The lowest BCUT2D eigenvalue weighted by molar-refractivity contribution is 0.102. The van der Waals surface area contributed by atoms with E-state index in [2.05, 4.69) is 10.6 Å². The predicted octanol–water partition coefficient (Wildman–Crippen LogP) is 4.99. The second-order valence-corrected chi connectivity index (χ2v) is 5.43. The SMILES string of the molecule is CCNc1ccc(C(=O)Nc2c(Cl)cccc2Cl)cc1C. The van der Waals surface area contributed by atoms with Crippen LogP contribution in [0.3, 0.4) is 0 Å². The van der Waals surface area contributed by atoms with E-state index in [-0.39, 0.29) is 5.91 Å². The molecule has 0 aliphatic heterocycles. The fourth-order valence-electron chi connectivity index (χ4n) is 2.00. The van der Waals surface area contributed by atoms with Crippen molar-refractivity contribution in [2.45, 2.75) is 13.8 Å². The minimum Gasteiger partial charge on any atom is -0.385 e. The normalized spacial score (nSPS) is 10.3. The molecule has 21 heavy (non-hydrogen) atoms. The third kappa shape index (κ3) is 3.69. The van der Waals surface area contributed by atoms with E-state index in [1.807, 2.05) is 26.0 Å². The first kappa shape index (κ1) is 15.7. The van der Waals surface area contributed by atoms with Crippen LogP contribution >= 0.6 is 23.2 Å². The second-order valence-electron chi connectivity index (χ2n) is 4.61. The highest BCUT2D eigenvalue weighted by Crippen LogP contribution is 2.30. The molecule has 0 aliphatic carbocycles. The van der Waals surface area contributed by atoms with Gasteiger partial charge in [-0.3, -0.25) is 4.79 Å². The van der Waals surface area contributed by atoms with Gasteiger partial charge in [-0.25, -0.2) is 0 Å². The highest BCUT2D eigenvalue weighted by atomic mass is 35.5. The fourth-order valence-corrected chi connectivity index (χ4v) is 2.49. The first-order valence-corrected chi connectivity index (χ1v) is 7.38. The zero-order valence-corrected chi connectivity index (χ0v) is 13.3. The molecule has 0 heterocycles. The molecule has 0 radical (unpaired) electrons. The smallest absolute Gasteiger partial charge is 0.255 e. The highest BCUT2D eigenvalue weighted by molar-refractivity contribution is 6.40. The lowest BCUT2D eigenvalue weighted by Gasteiger charge is -2.11. The number of benzene rings is 2. The van der Waals surface area contributed by atoms with Crippen molar-refractivity contribution in [3.8, 4) is 0 Å². The molecule has 0 spiro atoms. The van der Waals surface area contributed by atoms with Crippen LogP contribution in [0.15, 0.2) is 36.4 Å². The molecule has 110 valence electrons. The minimum absolute atomic E-state index is 0.240. The summed E-state index contributed by atoms with van der Waals surface area (Å²) in [6.07, 6.45) is 0. The molecule has 0 unspecified atom stereocenters. The molecule has 0 saturated heterocycles. The van der Waals surface area contributed by atoms with Gasteiger partial charge in [0.05, 0.1) is 15.7 Å². The van der Waals surface area contributed by atoms with Crippen molar-refractivity contribution in [2.24, 2.45) is 0 Å². The lowest BCUT2D eigenvalue weighted by Crippen LogP contribution is -2.13. The maximum Gasteiger partial charge on any atom is 0.255 e. The summed E-state index contributed by atoms with van der Waals surface area (Å²) in [6, 6.07) is 10.6. The van der Waals surface area contributed by atoms with Crippen LogP contribution < -0.4 is 10.6 Å². The van der Waals surface area contributed by atoms with E-state index in [0.717, 1.165) is 17.8 Å². The Morgan fingerprint density at radius 2 is 1.81 bits per heavy atom. The van der Waals surface area contributed by atoms with Crippen LogP contribution in [0.4, 0.5) is 11.4 Å². The number of amides is 1. The van der Waals surface area contributed by atoms with Gasteiger partial charge < -0.3 is 10.6 Å². The molecule has 2 N–H and O–H groups in total. The molecule has 0 fully saturated rings. The zero-order valence-electron chi connectivity index (χ0n) is 11.8. The number of nitrogens with one attached hydrogen (secondary N) is 2. The molecular weight excluding hydrogens is 307 g/mol. The number of aryl methyl sites for hydroxylation is 1. The Hall–Kier alpha value is -1.71. The summed E-state index contributed by atoms with van der Waals surface area (Å²) in [5, 5.41) is 6.81.